The monoisotopic (exact) mass is 326 g/mol. The molecule has 1 fully saturated rings. The molecule has 1 aliphatic rings. The molecule has 1 aliphatic heterocycles. The molecule has 2 N–H and O–H groups in total. The lowest BCUT2D eigenvalue weighted by atomic mass is 10.0. The van der Waals surface area contributed by atoms with Gasteiger partial charge in [-0.2, -0.15) is 0 Å². The Morgan fingerprint density at radius 1 is 1.42 bits per heavy atom. The second-order valence-electron chi connectivity index (χ2n) is 5.26. The van der Waals surface area contributed by atoms with Crippen molar-refractivity contribution < 1.29 is 5.11 Å². The molecule has 1 atom stereocenters. The second kappa shape index (κ2) is 7.39. The highest BCUT2D eigenvalue weighted by atomic mass is 79.9. The largest absolute Gasteiger partial charge is 0.393 e. The first-order chi connectivity index (χ1) is 9.19. The van der Waals surface area contributed by atoms with E-state index in [9.17, 15) is 5.11 Å². The van der Waals surface area contributed by atoms with Gasteiger partial charge in [-0.15, -0.1) is 0 Å². The third kappa shape index (κ3) is 4.56. The molecule has 4 heteroatoms. The highest BCUT2D eigenvalue weighted by Gasteiger charge is 2.18. The number of rotatable bonds is 5. The highest BCUT2D eigenvalue weighted by Crippen LogP contribution is 2.21. The molecule has 2 rings (SSSR count). The molecule has 0 spiro atoms. The fourth-order valence-electron chi connectivity index (χ4n) is 2.66. The van der Waals surface area contributed by atoms with Gasteiger partial charge < -0.3 is 15.3 Å². The van der Waals surface area contributed by atoms with E-state index >= 15 is 0 Å². The minimum Gasteiger partial charge on any atom is -0.393 e. The van der Waals surface area contributed by atoms with Crippen LogP contribution in [0.5, 0.6) is 0 Å². The molecule has 3 nitrogen and oxygen atoms in total. The van der Waals surface area contributed by atoms with Gasteiger partial charge in [-0.05, 0) is 50.6 Å². The molecule has 1 unspecified atom stereocenters. The summed E-state index contributed by atoms with van der Waals surface area (Å²) in [5.41, 5.74) is 1.33. The van der Waals surface area contributed by atoms with E-state index < -0.39 is 0 Å². The zero-order chi connectivity index (χ0) is 13.7. The van der Waals surface area contributed by atoms with Crippen LogP contribution in [0.4, 0.5) is 0 Å². The maximum Gasteiger partial charge on any atom is 0.0564 e. The predicted octanol–water partition coefficient (Wildman–Crippen LogP) is 2.56. The molecular weight excluding hydrogens is 304 g/mol. The van der Waals surface area contributed by atoms with Crippen molar-refractivity contribution in [3.63, 3.8) is 0 Å². The van der Waals surface area contributed by atoms with E-state index in [4.69, 9.17) is 0 Å². The maximum absolute atomic E-state index is 9.51. The van der Waals surface area contributed by atoms with E-state index in [-0.39, 0.29) is 6.10 Å². The molecule has 0 aliphatic carbocycles. The zero-order valence-electron chi connectivity index (χ0n) is 11.5. The lowest BCUT2D eigenvalue weighted by molar-refractivity contribution is 0.0807. The summed E-state index contributed by atoms with van der Waals surface area (Å²) in [6, 6.07) is 8.89. The average Bonchev–Trinajstić information content (AvgIpc) is 2.42. The smallest absolute Gasteiger partial charge is 0.0564 e. The van der Waals surface area contributed by atoms with Crippen LogP contribution >= 0.6 is 15.9 Å². The van der Waals surface area contributed by atoms with Crippen LogP contribution in [0.15, 0.2) is 28.7 Å². The van der Waals surface area contributed by atoms with Crippen LogP contribution in [0.2, 0.25) is 0 Å². The zero-order valence-corrected chi connectivity index (χ0v) is 13.1. The van der Waals surface area contributed by atoms with Gasteiger partial charge in [0.1, 0.15) is 0 Å². The normalized spacial score (nSPS) is 19.5. The number of likely N-dealkylation sites (tertiary alicyclic amines) is 1. The molecule has 1 aromatic carbocycles. The van der Waals surface area contributed by atoms with Crippen LogP contribution in [0.3, 0.4) is 0 Å². The van der Waals surface area contributed by atoms with E-state index in [1.165, 1.54) is 5.56 Å². The molecule has 106 valence electrons. The minimum absolute atomic E-state index is 0.0820. The number of nitrogens with zero attached hydrogens (tertiary/aromatic N) is 1. The van der Waals surface area contributed by atoms with Crippen molar-refractivity contribution in [3.8, 4) is 0 Å². The van der Waals surface area contributed by atoms with Gasteiger partial charge in [0.05, 0.1) is 6.10 Å². The van der Waals surface area contributed by atoms with Crippen molar-refractivity contribution in [2.45, 2.75) is 31.4 Å². The SMILES string of the molecule is CNC(CCN1CCC(O)CC1)c1cccc(Br)c1. The Kier molecular flexibility index (Phi) is 5.82. The van der Waals surface area contributed by atoms with E-state index in [1.54, 1.807) is 0 Å². The van der Waals surface area contributed by atoms with Gasteiger partial charge in [0.2, 0.25) is 0 Å². The van der Waals surface area contributed by atoms with Crippen molar-refractivity contribution in [1.29, 1.82) is 0 Å². The Morgan fingerprint density at radius 3 is 2.79 bits per heavy atom. The summed E-state index contributed by atoms with van der Waals surface area (Å²) in [5, 5.41) is 12.9. The third-order valence-corrected chi connectivity index (χ3v) is 4.38. The number of halogens is 1. The van der Waals surface area contributed by atoms with Gasteiger partial charge in [-0.1, -0.05) is 28.1 Å². The molecule has 1 saturated heterocycles. The fraction of sp³-hybridized carbons (Fsp3) is 0.600. The topological polar surface area (TPSA) is 35.5 Å². The van der Waals surface area contributed by atoms with Gasteiger partial charge in [0, 0.05) is 23.6 Å². The average molecular weight is 327 g/mol. The lowest BCUT2D eigenvalue weighted by Crippen LogP contribution is -2.37. The molecule has 1 aromatic rings. The quantitative estimate of drug-likeness (QED) is 0.872. The molecule has 0 amide bonds. The first-order valence-corrected chi connectivity index (χ1v) is 7.81. The van der Waals surface area contributed by atoms with E-state index in [0.29, 0.717) is 6.04 Å². The van der Waals surface area contributed by atoms with Crippen molar-refractivity contribution in [2.75, 3.05) is 26.7 Å². The van der Waals surface area contributed by atoms with E-state index in [2.05, 4.69) is 50.4 Å². The standard InChI is InChI=1S/C15H23BrN2O/c1-17-15(12-3-2-4-13(16)11-12)7-10-18-8-5-14(19)6-9-18/h2-4,11,14-15,17,19H,5-10H2,1H3. The number of piperidine rings is 1. The first-order valence-electron chi connectivity index (χ1n) is 7.02. The molecule has 0 bridgehead atoms. The fourth-order valence-corrected chi connectivity index (χ4v) is 3.07. The van der Waals surface area contributed by atoms with Crippen LogP contribution in [-0.4, -0.2) is 42.8 Å². The maximum atomic E-state index is 9.51. The summed E-state index contributed by atoms with van der Waals surface area (Å²) in [6.45, 7) is 3.14. The van der Waals surface area contributed by atoms with Crippen LogP contribution in [-0.2, 0) is 0 Å². The number of benzene rings is 1. The number of aliphatic hydroxyl groups excluding tert-OH is 1. The van der Waals surface area contributed by atoms with Gasteiger partial charge in [-0.3, -0.25) is 0 Å². The molecule has 0 saturated carbocycles. The first kappa shape index (κ1) is 15.0. The van der Waals surface area contributed by atoms with Crippen LogP contribution in [0.1, 0.15) is 30.9 Å². The summed E-state index contributed by atoms with van der Waals surface area (Å²) in [6.07, 6.45) is 2.85. The van der Waals surface area contributed by atoms with E-state index in [1.807, 2.05) is 7.05 Å². The Labute approximate surface area is 124 Å². The minimum atomic E-state index is -0.0820. The Hall–Kier alpha value is -0.420. The predicted molar refractivity (Wildman–Crippen MR) is 82.2 cm³/mol. The van der Waals surface area contributed by atoms with E-state index in [0.717, 1.165) is 43.4 Å². The molecule has 0 aromatic heterocycles. The second-order valence-corrected chi connectivity index (χ2v) is 6.17. The van der Waals surface area contributed by atoms with Crippen molar-refractivity contribution >= 4 is 15.9 Å². The lowest BCUT2D eigenvalue weighted by Gasteiger charge is -2.30. The van der Waals surface area contributed by atoms with Crippen molar-refractivity contribution in [2.24, 2.45) is 0 Å². The van der Waals surface area contributed by atoms with Gasteiger partial charge in [-0.25, -0.2) is 0 Å². The summed E-state index contributed by atoms with van der Waals surface area (Å²) in [7, 11) is 2.02. The molecule has 19 heavy (non-hydrogen) atoms. The summed E-state index contributed by atoms with van der Waals surface area (Å²) >= 11 is 3.53. The summed E-state index contributed by atoms with van der Waals surface area (Å²) < 4.78 is 1.13. The Balaban J connectivity index is 1.86. The number of hydrogen-bond donors (Lipinski definition) is 2. The van der Waals surface area contributed by atoms with Gasteiger partial charge in [0.25, 0.3) is 0 Å². The molecule has 1 heterocycles. The number of aliphatic hydroxyl groups is 1. The van der Waals surface area contributed by atoms with Crippen LogP contribution in [0.25, 0.3) is 0 Å². The summed E-state index contributed by atoms with van der Waals surface area (Å²) in [5.74, 6) is 0. The molecule has 0 radical (unpaired) electrons. The number of hydrogen-bond acceptors (Lipinski definition) is 3. The van der Waals surface area contributed by atoms with Crippen LogP contribution in [0, 0.1) is 0 Å². The highest BCUT2D eigenvalue weighted by molar-refractivity contribution is 9.10. The van der Waals surface area contributed by atoms with Crippen LogP contribution < -0.4 is 5.32 Å². The third-order valence-electron chi connectivity index (χ3n) is 3.89. The van der Waals surface area contributed by atoms with Gasteiger partial charge in [0.15, 0.2) is 0 Å². The van der Waals surface area contributed by atoms with Crippen molar-refractivity contribution in [3.05, 3.63) is 34.3 Å². The Bertz CT molecular complexity index is 391. The summed E-state index contributed by atoms with van der Waals surface area (Å²) in [4.78, 5) is 2.45. The number of nitrogens with one attached hydrogen (secondary N) is 1. The van der Waals surface area contributed by atoms with Crippen molar-refractivity contribution in [1.82, 2.24) is 10.2 Å². The molecular formula is C15H23BrN2O. The van der Waals surface area contributed by atoms with Gasteiger partial charge >= 0.3 is 0 Å². The Morgan fingerprint density at radius 2 is 2.16 bits per heavy atom.